The van der Waals surface area contributed by atoms with Crippen LogP contribution in [0.3, 0.4) is 0 Å². The molecule has 2 amide bonds. The van der Waals surface area contributed by atoms with E-state index >= 15 is 0 Å². The van der Waals surface area contributed by atoms with Crippen molar-refractivity contribution in [1.29, 1.82) is 0 Å². The van der Waals surface area contributed by atoms with Crippen LogP contribution in [0.5, 0.6) is 0 Å². The number of nitrogens with zero attached hydrogens (tertiary/aromatic N) is 4. The molecule has 4 rings (SSSR count). The molecule has 2 aliphatic heterocycles. The van der Waals surface area contributed by atoms with Crippen LogP contribution < -0.4 is 0 Å². The van der Waals surface area contributed by atoms with Crippen LogP contribution in [-0.2, 0) is 15.8 Å². The highest BCUT2D eigenvalue weighted by Gasteiger charge is 2.39. The minimum atomic E-state index is -4.56. The number of carbonyl (C=O) groups is 2. The number of aryl methyl sites for hydroxylation is 1. The normalized spacial score (nSPS) is 23.3. The highest BCUT2D eigenvalue weighted by molar-refractivity contribution is 5.89. The van der Waals surface area contributed by atoms with E-state index in [-0.39, 0.29) is 53.2 Å². The van der Waals surface area contributed by atoms with Gasteiger partial charge in [0.2, 0.25) is 11.8 Å². The predicted octanol–water partition coefficient (Wildman–Crippen LogP) is 2.73. The predicted molar refractivity (Wildman–Crippen MR) is 95.8 cm³/mol. The van der Waals surface area contributed by atoms with Gasteiger partial charge in [0.05, 0.1) is 28.3 Å². The van der Waals surface area contributed by atoms with Gasteiger partial charge < -0.3 is 14.3 Å². The summed E-state index contributed by atoms with van der Waals surface area (Å²) in [5.74, 6) is -0.928. The molecule has 0 unspecified atom stereocenters. The lowest BCUT2D eigenvalue weighted by molar-refractivity contribution is -0.137. The minimum Gasteiger partial charge on any atom is -0.345 e. The molecule has 2 aliphatic rings. The van der Waals surface area contributed by atoms with Crippen LogP contribution in [0.4, 0.5) is 13.2 Å². The van der Waals surface area contributed by atoms with E-state index < -0.39 is 17.7 Å². The van der Waals surface area contributed by atoms with E-state index in [0.717, 1.165) is 6.07 Å². The number of hydrogen-bond donors (Lipinski definition) is 0. The molecule has 2 aromatic rings. The second kappa shape index (κ2) is 7.00. The number of carbonyl (C=O) groups excluding carboxylic acids is 2. The van der Waals surface area contributed by atoms with Gasteiger partial charge in [-0.15, -0.1) is 0 Å². The monoisotopic (exact) mass is 410 g/mol. The molecule has 7 nitrogen and oxygen atoms in total. The molecule has 0 radical (unpaired) electrons. The average molecular weight is 410 g/mol. The Labute approximate surface area is 164 Å². The maximum atomic E-state index is 13.6. The van der Waals surface area contributed by atoms with E-state index in [4.69, 9.17) is 4.52 Å². The number of rotatable bonds is 2. The first kappa shape index (κ1) is 19.7. The number of likely N-dealkylation sites (tertiary alicyclic amines) is 2. The zero-order valence-corrected chi connectivity index (χ0v) is 16.1. The van der Waals surface area contributed by atoms with Crippen LogP contribution >= 0.6 is 0 Å². The Morgan fingerprint density at radius 2 is 2.07 bits per heavy atom. The molecule has 2 atom stereocenters. The van der Waals surface area contributed by atoms with Crippen molar-refractivity contribution < 1.29 is 27.3 Å². The average Bonchev–Trinajstić information content (AvgIpc) is 3.22. The molecule has 2 fully saturated rings. The smallest absolute Gasteiger partial charge is 0.345 e. The fourth-order valence-corrected chi connectivity index (χ4v) is 4.25. The van der Waals surface area contributed by atoms with E-state index in [0.29, 0.717) is 25.9 Å². The fourth-order valence-electron chi connectivity index (χ4n) is 4.25. The van der Waals surface area contributed by atoms with Gasteiger partial charge in [0.1, 0.15) is 0 Å². The summed E-state index contributed by atoms with van der Waals surface area (Å²) in [5, 5.41) is 3.50. The van der Waals surface area contributed by atoms with Crippen molar-refractivity contribution in [2.24, 2.45) is 5.92 Å². The second-order valence-corrected chi connectivity index (χ2v) is 7.84. The number of pyridine rings is 1. The third-order valence-corrected chi connectivity index (χ3v) is 5.78. The van der Waals surface area contributed by atoms with Gasteiger partial charge in [-0.2, -0.15) is 13.2 Å². The topological polar surface area (TPSA) is 79.5 Å². The zero-order chi connectivity index (χ0) is 20.9. The first-order chi connectivity index (χ1) is 13.6. The first-order valence-corrected chi connectivity index (χ1v) is 9.52. The van der Waals surface area contributed by atoms with Gasteiger partial charge in [0.15, 0.2) is 0 Å². The molecule has 10 heteroatoms. The first-order valence-electron chi connectivity index (χ1n) is 9.52. The molecule has 0 aliphatic carbocycles. The summed E-state index contributed by atoms with van der Waals surface area (Å²) in [6.45, 7) is 2.62. The summed E-state index contributed by atoms with van der Waals surface area (Å²) < 4.78 is 45.8. The SMILES string of the molecule is Cc1noc2nc([C@H]3CCCN(C(=O)[C@H]4CC(=O)N(C)C4)C3)cc(C(F)(F)F)c12. The van der Waals surface area contributed by atoms with Gasteiger partial charge in [-0.3, -0.25) is 9.59 Å². The Balaban J connectivity index is 1.61. The van der Waals surface area contributed by atoms with Crippen LogP contribution in [0, 0.1) is 12.8 Å². The van der Waals surface area contributed by atoms with E-state index in [2.05, 4.69) is 10.1 Å². The Morgan fingerprint density at radius 1 is 1.31 bits per heavy atom. The maximum absolute atomic E-state index is 13.6. The van der Waals surface area contributed by atoms with Crippen LogP contribution in [0.15, 0.2) is 10.6 Å². The standard InChI is InChI=1S/C19H21F3N4O3/c1-10-16-13(19(20,21)22)7-14(23-17(16)29-24-10)11-4-3-5-26(9-11)18(28)12-6-15(27)25(2)8-12/h7,11-12H,3-6,8-9H2,1-2H3/t11-,12-/m0/s1. The fraction of sp³-hybridized carbons (Fsp3) is 0.579. The van der Waals surface area contributed by atoms with Crippen molar-refractivity contribution in [1.82, 2.24) is 19.9 Å². The molecule has 0 spiro atoms. The third-order valence-electron chi connectivity index (χ3n) is 5.78. The van der Waals surface area contributed by atoms with Gasteiger partial charge in [-0.05, 0) is 25.8 Å². The van der Waals surface area contributed by atoms with E-state index in [1.807, 2.05) is 0 Å². The summed E-state index contributed by atoms with van der Waals surface area (Å²) in [5.41, 5.74) is -0.568. The number of amides is 2. The van der Waals surface area contributed by atoms with E-state index in [9.17, 15) is 22.8 Å². The lowest BCUT2D eigenvalue weighted by Gasteiger charge is -2.34. The summed E-state index contributed by atoms with van der Waals surface area (Å²) in [7, 11) is 1.66. The third kappa shape index (κ3) is 3.56. The lowest BCUT2D eigenvalue weighted by Crippen LogP contribution is -2.43. The zero-order valence-electron chi connectivity index (χ0n) is 16.1. The van der Waals surface area contributed by atoms with E-state index in [1.165, 1.54) is 11.8 Å². The summed E-state index contributed by atoms with van der Waals surface area (Å²) in [4.78, 5) is 32.0. The molecule has 0 N–H and O–H groups in total. The Kier molecular flexibility index (Phi) is 4.74. The van der Waals surface area contributed by atoms with Crippen LogP contribution in [0.25, 0.3) is 11.1 Å². The van der Waals surface area contributed by atoms with Crippen molar-refractivity contribution >= 4 is 22.9 Å². The Morgan fingerprint density at radius 3 is 2.72 bits per heavy atom. The molecular weight excluding hydrogens is 389 g/mol. The summed E-state index contributed by atoms with van der Waals surface area (Å²) >= 11 is 0. The van der Waals surface area contributed by atoms with Gasteiger partial charge in [0, 0.05) is 39.0 Å². The number of alkyl halides is 3. The molecule has 29 heavy (non-hydrogen) atoms. The molecule has 2 saturated heterocycles. The molecule has 156 valence electrons. The molecule has 0 bridgehead atoms. The highest BCUT2D eigenvalue weighted by atomic mass is 19.4. The van der Waals surface area contributed by atoms with Crippen molar-refractivity contribution in [3.63, 3.8) is 0 Å². The van der Waals surface area contributed by atoms with Gasteiger partial charge in [-0.1, -0.05) is 5.16 Å². The summed E-state index contributed by atoms with van der Waals surface area (Å²) in [6, 6.07) is 1.05. The van der Waals surface area contributed by atoms with Gasteiger partial charge >= 0.3 is 6.18 Å². The van der Waals surface area contributed by atoms with Crippen molar-refractivity contribution in [2.75, 3.05) is 26.7 Å². The number of piperidine rings is 1. The number of hydrogen-bond acceptors (Lipinski definition) is 5. The molecule has 2 aromatic heterocycles. The quantitative estimate of drug-likeness (QED) is 0.761. The highest BCUT2D eigenvalue weighted by Crippen LogP contribution is 2.38. The largest absolute Gasteiger partial charge is 0.417 e. The number of aromatic nitrogens is 2. The van der Waals surface area contributed by atoms with Gasteiger partial charge in [-0.25, -0.2) is 4.98 Å². The maximum Gasteiger partial charge on any atom is 0.417 e. The molecule has 0 aromatic carbocycles. The molecule has 4 heterocycles. The van der Waals surface area contributed by atoms with Crippen molar-refractivity contribution in [3.8, 4) is 0 Å². The van der Waals surface area contributed by atoms with Crippen LogP contribution in [0.1, 0.15) is 42.1 Å². The van der Waals surface area contributed by atoms with Crippen molar-refractivity contribution in [2.45, 2.75) is 38.3 Å². The minimum absolute atomic E-state index is 0.0699. The van der Waals surface area contributed by atoms with Crippen LogP contribution in [0.2, 0.25) is 0 Å². The Hall–Kier alpha value is -2.65. The second-order valence-electron chi connectivity index (χ2n) is 7.84. The van der Waals surface area contributed by atoms with E-state index in [1.54, 1.807) is 11.9 Å². The lowest BCUT2D eigenvalue weighted by atomic mass is 9.91. The Bertz CT molecular complexity index is 971. The number of halogens is 3. The van der Waals surface area contributed by atoms with Gasteiger partial charge in [0.25, 0.3) is 5.71 Å². The number of fused-ring (bicyclic) bond motifs is 1. The molecular formula is C19H21F3N4O3. The van der Waals surface area contributed by atoms with Crippen molar-refractivity contribution in [3.05, 3.63) is 23.0 Å². The molecule has 0 saturated carbocycles. The van der Waals surface area contributed by atoms with Crippen LogP contribution in [-0.4, -0.2) is 58.4 Å². The summed E-state index contributed by atoms with van der Waals surface area (Å²) in [6.07, 6.45) is -3.11.